The van der Waals surface area contributed by atoms with Crippen molar-refractivity contribution in [1.29, 1.82) is 0 Å². The zero-order chi connectivity index (χ0) is 18.5. The van der Waals surface area contributed by atoms with Gasteiger partial charge in [0, 0.05) is 6.42 Å². The van der Waals surface area contributed by atoms with Gasteiger partial charge in [-0.05, 0) is 36.4 Å². The lowest BCUT2D eigenvalue weighted by Gasteiger charge is -2.02. The van der Waals surface area contributed by atoms with Gasteiger partial charge in [-0.3, -0.25) is 14.4 Å². The number of rotatable bonds is 10. The van der Waals surface area contributed by atoms with E-state index < -0.39 is 5.97 Å². The summed E-state index contributed by atoms with van der Waals surface area (Å²) in [5, 5.41) is 0. The Hall–Kier alpha value is -3.02. The summed E-state index contributed by atoms with van der Waals surface area (Å²) in [6.45, 7) is -0.155. The first kappa shape index (κ1) is 20.0. The maximum absolute atomic E-state index is 12.7. The predicted octanol–water partition coefficient (Wildman–Crippen LogP) is 2.96. The Morgan fingerprint density at radius 1 is 0.920 bits per heavy atom. The molecule has 25 heavy (non-hydrogen) atoms. The van der Waals surface area contributed by atoms with Gasteiger partial charge < -0.3 is 9.47 Å². The SMILES string of the molecule is COC(=O)CCC(=O)/C=C/C=C/C=C/C(=O)COc1ccc(F)cc1. The Morgan fingerprint density at radius 2 is 1.52 bits per heavy atom. The normalized spacial score (nSPS) is 11.3. The third kappa shape index (κ3) is 9.65. The first-order valence-electron chi connectivity index (χ1n) is 7.53. The third-order valence-corrected chi connectivity index (χ3v) is 2.90. The molecule has 0 atom stereocenters. The molecule has 0 amide bonds. The molecule has 0 heterocycles. The van der Waals surface area contributed by atoms with Crippen LogP contribution in [-0.2, 0) is 19.1 Å². The van der Waals surface area contributed by atoms with Gasteiger partial charge in [-0.25, -0.2) is 4.39 Å². The molecule has 0 aliphatic heterocycles. The number of ketones is 2. The summed E-state index contributed by atoms with van der Waals surface area (Å²) in [6.07, 6.45) is 9.00. The van der Waals surface area contributed by atoms with Gasteiger partial charge in [0.05, 0.1) is 13.5 Å². The molecule has 6 heteroatoms. The number of hydrogen-bond acceptors (Lipinski definition) is 5. The molecule has 0 saturated heterocycles. The first-order valence-corrected chi connectivity index (χ1v) is 7.53. The maximum atomic E-state index is 12.7. The molecule has 0 aliphatic carbocycles. The average molecular weight is 346 g/mol. The van der Waals surface area contributed by atoms with Gasteiger partial charge in [-0.1, -0.05) is 24.3 Å². The molecule has 132 valence electrons. The fourth-order valence-electron chi connectivity index (χ4n) is 1.60. The Morgan fingerprint density at radius 3 is 2.12 bits per heavy atom. The second-order valence-electron chi connectivity index (χ2n) is 4.85. The number of hydrogen-bond donors (Lipinski definition) is 0. The van der Waals surface area contributed by atoms with E-state index in [1.165, 1.54) is 55.7 Å². The molecule has 1 aromatic rings. The lowest BCUT2D eigenvalue weighted by atomic mass is 10.2. The topological polar surface area (TPSA) is 69.7 Å². The lowest BCUT2D eigenvalue weighted by molar-refractivity contribution is -0.141. The van der Waals surface area contributed by atoms with Crippen LogP contribution >= 0.6 is 0 Å². The minimum Gasteiger partial charge on any atom is -0.485 e. The molecular weight excluding hydrogens is 327 g/mol. The summed E-state index contributed by atoms with van der Waals surface area (Å²) in [4.78, 5) is 33.8. The van der Waals surface area contributed by atoms with E-state index in [0.717, 1.165) is 0 Å². The number of methoxy groups -OCH3 is 1. The molecule has 0 aliphatic rings. The van der Waals surface area contributed by atoms with Gasteiger partial charge in [0.15, 0.2) is 18.2 Å². The van der Waals surface area contributed by atoms with E-state index in [4.69, 9.17) is 4.74 Å². The molecule has 0 radical (unpaired) electrons. The number of allylic oxidation sites excluding steroid dienone is 5. The smallest absolute Gasteiger partial charge is 0.305 e. The van der Waals surface area contributed by atoms with Crippen molar-refractivity contribution in [3.05, 3.63) is 66.5 Å². The minimum atomic E-state index is -0.429. The summed E-state index contributed by atoms with van der Waals surface area (Å²) in [6, 6.07) is 5.37. The fraction of sp³-hybridized carbons (Fsp3) is 0.211. The maximum Gasteiger partial charge on any atom is 0.305 e. The van der Waals surface area contributed by atoms with E-state index >= 15 is 0 Å². The number of ether oxygens (including phenoxy) is 2. The molecule has 0 unspecified atom stereocenters. The quantitative estimate of drug-likeness (QED) is 0.370. The summed E-state index contributed by atoms with van der Waals surface area (Å²) in [5.74, 6) is -0.843. The number of esters is 1. The van der Waals surface area contributed by atoms with Crippen molar-refractivity contribution in [2.45, 2.75) is 12.8 Å². The highest BCUT2D eigenvalue weighted by molar-refractivity contribution is 5.92. The highest BCUT2D eigenvalue weighted by atomic mass is 19.1. The van der Waals surface area contributed by atoms with Crippen LogP contribution in [0.5, 0.6) is 5.75 Å². The van der Waals surface area contributed by atoms with Gasteiger partial charge in [0.25, 0.3) is 0 Å². The third-order valence-electron chi connectivity index (χ3n) is 2.90. The van der Waals surface area contributed by atoms with Crippen LogP contribution in [0.1, 0.15) is 12.8 Å². The number of halogens is 1. The first-order chi connectivity index (χ1) is 12.0. The number of carbonyl (C=O) groups excluding carboxylic acids is 3. The van der Waals surface area contributed by atoms with E-state index in [1.807, 2.05) is 0 Å². The van der Waals surface area contributed by atoms with E-state index in [0.29, 0.717) is 5.75 Å². The summed E-state index contributed by atoms with van der Waals surface area (Å²) < 4.78 is 22.3. The second-order valence-corrected chi connectivity index (χ2v) is 4.85. The van der Waals surface area contributed by atoms with E-state index in [2.05, 4.69) is 4.74 Å². The van der Waals surface area contributed by atoms with Crippen molar-refractivity contribution in [3.8, 4) is 5.75 Å². The Labute approximate surface area is 145 Å². The largest absolute Gasteiger partial charge is 0.485 e. The zero-order valence-electron chi connectivity index (χ0n) is 13.8. The lowest BCUT2D eigenvalue weighted by Crippen LogP contribution is -2.07. The van der Waals surface area contributed by atoms with Gasteiger partial charge in [-0.2, -0.15) is 0 Å². The van der Waals surface area contributed by atoms with Gasteiger partial charge in [0.1, 0.15) is 11.6 Å². The Balaban J connectivity index is 2.26. The molecule has 1 aromatic carbocycles. The van der Waals surface area contributed by atoms with Crippen molar-refractivity contribution < 1.29 is 28.2 Å². The molecule has 1 rings (SSSR count). The minimum absolute atomic E-state index is 0.0475. The summed E-state index contributed by atoms with van der Waals surface area (Å²) >= 11 is 0. The van der Waals surface area contributed by atoms with Crippen molar-refractivity contribution >= 4 is 17.5 Å². The van der Waals surface area contributed by atoms with Crippen LogP contribution in [0.2, 0.25) is 0 Å². The van der Waals surface area contributed by atoms with E-state index in [-0.39, 0.29) is 36.8 Å². The zero-order valence-corrected chi connectivity index (χ0v) is 13.8. The van der Waals surface area contributed by atoms with E-state index in [9.17, 15) is 18.8 Å². The molecule has 0 fully saturated rings. The predicted molar refractivity (Wildman–Crippen MR) is 90.6 cm³/mol. The van der Waals surface area contributed by atoms with Crippen LogP contribution < -0.4 is 4.74 Å². The summed E-state index contributed by atoms with van der Waals surface area (Å²) in [7, 11) is 1.27. The van der Waals surface area contributed by atoms with Gasteiger partial charge in [0.2, 0.25) is 0 Å². The number of benzene rings is 1. The Bertz CT molecular complexity index is 672. The molecule has 5 nitrogen and oxygen atoms in total. The number of carbonyl (C=O) groups is 3. The summed E-state index contributed by atoms with van der Waals surface area (Å²) in [5.41, 5.74) is 0. The average Bonchev–Trinajstić information content (AvgIpc) is 2.62. The molecule has 0 bridgehead atoms. The van der Waals surface area contributed by atoms with Gasteiger partial charge in [-0.15, -0.1) is 0 Å². The van der Waals surface area contributed by atoms with Crippen LogP contribution in [-0.4, -0.2) is 31.3 Å². The standard InChI is InChI=1S/C19H19FO5/c1-24-19(23)13-10-16(21)6-4-2-3-5-7-17(22)14-25-18-11-8-15(20)9-12-18/h2-9,11-12H,10,13-14H2,1H3/b3-2+,6-4+,7-5+. The van der Waals surface area contributed by atoms with Crippen molar-refractivity contribution in [2.75, 3.05) is 13.7 Å². The van der Waals surface area contributed by atoms with Crippen LogP contribution in [0.25, 0.3) is 0 Å². The molecule has 0 spiro atoms. The van der Waals surface area contributed by atoms with Crippen LogP contribution in [0, 0.1) is 5.82 Å². The Kier molecular flexibility index (Phi) is 9.22. The van der Waals surface area contributed by atoms with Crippen molar-refractivity contribution in [3.63, 3.8) is 0 Å². The highest BCUT2D eigenvalue weighted by Gasteiger charge is 2.03. The molecule has 0 N–H and O–H groups in total. The van der Waals surface area contributed by atoms with Crippen LogP contribution in [0.3, 0.4) is 0 Å². The highest BCUT2D eigenvalue weighted by Crippen LogP contribution is 2.10. The fourth-order valence-corrected chi connectivity index (χ4v) is 1.60. The molecular formula is C19H19FO5. The molecule has 0 aromatic heterocycles. The van der Waals surface area contributed by atoms with Crippen LogP contribution in [0.15, 0.2) is 60.7 Å². The molecule has 0 saturated carbocycles. The van der Waals surface area contributed by atoms with E-state index in [1.54, 1.807) is 12.2 Å². The van der Waals surface area contributed by atoms with Crippen molar-refractivity contribution in [1.82, 2.24) is 0 Å². The van der Waals surface area contributed by atoms with Gasteiger partial charge >= 0.3 is 5.97 Å². The van der Waals surface area contributed by atoms with Crippen LogP contribution in [0.4, 0.5) is 4.39 Å². The second kappa shape index (κ2) is 11.5. The monoisotopic (exact) mass is 346 g/mol. The van der Waals surface area contributed by atoms with Crippen molar-refractivity contribution in [2.24, 2.45) is 0 Å².